The van der Waals surface area contributed by atoms with Crippen molar-refractivity contribution in [1.82, 2.24) is 10.2 Å². The topological polar surface area (TPSA) is 56.1 Å². The summed E-state index contributed by atoms with van der Waals surface area (Å²) in [6, 6.07) is 11.1. The average molecular weight is 394 g/mol. The molecular weight excluding hydrogens is 358 g/mol. The lowest BCUT2D eigenvalue weighted by molar-refractivity contribution is -0.122. The van der Waals surface area contributed by atoms with Crippen LogP contribution in [0.25, 0.3) is 5.57 Å². The third kappa shape index (κ3) is 6.72. The van der Waals surface area contributed by atoms with Gasteiger partial charge >= 0.3 is 0 Å². The highest BCUT2D eigenvalue weighted by Crippen LogP contribution is 2.29. The molecule has 1 aliphatic heterocycles. The Kier molecular flexibility index (Phi) is 8.31. The molecule has 0 spiro atoms. The van der Waals surface area contributed by atoms with Crippen molar-refractivity contribution in [3.05, 3.63) is 41.5 Å². The van der Waals surface area contributed by atoms with Gasteiger partial charge in [0.15, 0.2) is 0 Å². The first kappa shape index (κ1) is 21.6. The fourth-order valence-corrected chi connectivity index (χ4v) is 4.68. The van der Waals surface area contributed by atoms with Gasteiger partial charge < -0.3 is 5.32 Å². The number of hydrogen-bond acceptors (Lipinski definition) is 3. The van der Waals surface area contributed by atoms with Gasteiger partial charge in [0.05, 0.1) is 6.07 Å². The van der Waals surface area contributed by atoms with Crippen LogP contribution in [-0.4, -0.2) is 36.5 Å². The summed E-state index contributed by atoms with van der Waals surface area (Å²) in [7, 11) is 0. The van der Waals surface area contributed by atoms with Crippen LogP contribution in [0.4, 0.5) is 0 Å². The number of nitrogens with one attached hydrogen (secondary N) is 1. The Morgan fingerprint density at radius 2 is 2.03 bits per heavy atom. The molecule has 1 aromatic rings. The molecule has 2 aliphatic rings. The normalized spacial score (nSPS) is 22.6. The molecule has 0 aromatic heterocycles. The van der Waals surface area contributed by atoms with Crippen LogP contribution < -0.4 is 5.32 Å². The van der Waals surface area contributed by atoms with Gasteiger partial charge in [0.1, 0.15) is 0 Å². The zero-order valence-electron chi connectivity index (χ0n) is 17.8. The fourth-order valence-electron chi connectivity index (χ4n) is 4.68. The van der Waals surface area contributed by atoms with Gasteiger partial charge in [-0.2, -0.15) is 5.26 Å². The van der Waals surface area contributed by atoms with E-state index in [0.717, 1.165) is 38.3 Å². The van der Waals surface area contributed by atoms with E-state index in [2.05, 4.69) is 53.6 Å². The van der Waals surface area contributed by atoms with Gasteiger partial charge in [-0.05, 0) is 81.0 Å². The minimum atomic E-state index is 0.119. The lowest BCUT2D eigenvalue weighted by Crippen LogP contribution is -2.38. The molecule has 0 atom stereocenters. The second-order valence-corrected chi connectivity index (χ2v) is 8.68. The number of benzene rings is 1. The highest BCUT2D eigenvalue weighted by molar-refractivity contribution is 5.76. The molecule has 1 N–H and O–H groups in total. The number of hydrogen-bond donors (Lipinski definition) is 1. The molecule has 1 saturated carbocycles. The van der Waals surface area contributed by atoms with E-state index in [9.17, 15) is 4.79 Å². The summed E-state index contributed by atoms with van der Waals surface area (Å²) < 4.78 is 0. The van der Waals surface area contributed by atoms with Crippen LogP contribution in [0.3, 0.4) is 0 Å². The molecule has 29 heavy (non-hydrogen) atoms. The van der Waals surface area contributed by atoms with Crippen molar-refractivity contribution >= 4 is 11.5 Å². The first-order chi connectivity index (χ1) is 14.2. The molecule has 156 valence electrons. The van der Waals surface area contributed by atoms with Crippen LogP contribution in [0.1, 0.15) is 68.9 Å². The van der Waals surface area contributed by atoms with Crippen molar-refractivity contribution in [1.29, 1.82) is 5.26 Å². The molecule has 0 radical (unpaired) electrons. The lowest BCUT2D eigenvalue weighted by Gasteiger charge is -2.32. The number of unbranched alkanes of at least 4 members (excludes halogenated alkanes) is 1. The summed E-state index contributed by atoms with van der Waals surface area (Å²) in [5.74, 6) is 0.914. The van der Waals surface area contributed by atoms with Gasteiger partial charge in [-0.25, -0.2) is 0 Å². The quantitative estimate of drug-likeness (QED) is 0.643. The van der Waals surface area contributed by atoms with Crippen LogP contribution in [-0.2, 0) is 4.79 Å². The predicted molar refractivity (Wildman–Crippen MR) is 118 cm³/mol. The van der Waals surface area contributed by atoms with E-state index in [1.807, 2.05) is 0 Å². The maximum absolute atomic E-state index is 11.9. The van der Waals surface area contributed by atoms with Crippen molar-refractivity contribution in [3.63, 3.8) is 0 Å². The first-order valence-electron chi connectivity index (χ1n) is 11.3. The fraction of sp³-hybridized carbons (Fsp3) is 0.600. The minimum Gasteiger partial charge on any atom is -0.353 e. The second-order valence-electron chi connectivity index (χ2n) is 8.68. The number of nitrogens with zero attached hydrogens (tertiary/aromatic N) is 2. The molecular formula is C25H35N3O. The monoisotopic (exact) mass is 393 g/mol. The smallest absolute Gasteiger partial charge is 0.220 e. The lowest BCUT2D eigenvalue weighted by atomic mass is 9.84. The van der Waals surface area contributed by atoms with Gasteiger partial charge in [0.2, 0.25) is 5.91 Å². The molecule has 4 heteroatoms. The summed E-state index contributed by atoms with van der Waals surface area (Å²) in [6.07, 6.45) is 11.1. The molecule has 3 rings (SSSR count). The predicted octanol–water partition coefficient (Wildman–Crippen LogP) is 4.84. The van der Waals surface area contributed by atoms with E-state index in [-0.39, 0.29) is 5.91 Å². The van der Waals surface area contributed by atoms with E-state index in [0.29, 0.717) is 25.3 Å². The van der Waals surface area contributed by atoms with Crippen LogP contribution in [0.5, 0.6) is 0 Å². The summed E-state index contributed by atoms with van der Waals surface area (Å²) >= 11 is 0. The van der Waals surface area contributed by atoms with Crippen molar-refractivity contribution in [3.8, 4) is 6.07 Å². The maximum Gasteiger partial charge on any atom is 0.220 e. The number of nitriles is 1. The third-order valence-electron chi connectivity index (χ3n) is 6.54. The zero-order chi connectivity index (χ0) is 20.5. The molecule has 1 heterocycles. The van der Waals surface area contributed by atoms with Gasteiger partial charge in [0.25, 0.3) is 0 Å². The maximum atomic E-state index is 11.9. The Bertz CT molecular complexity index is 741. The molecule has 1 amide bonds. The molecule has 1 fully saturated rings. The van der Waals surface area contributed by atoms with Crippen molar-refractivity contribution < 1.29 is 4.79 Å². The van der Waals surface area contributed by atoms with E-state index in [1.54, 1.807) is 0 Å². The molecule has 0 saturated heterocycles. The van der Waals surface area contributed by atoms with Crippen molar-refractivity contribution in [2.24, 2.45) is 5.92 Å². The zero-order valence-corrected chi connectivity index (χ0v) is 17.8. The molecule has 4 nitrogen and oxygen atoms in total. The van der Waals surface area contributed by atoms with Crippen LogP contribution in [0.2, 0.25) is 0 Å². The molecule has 1 aromatic carbocycles. The summed E-state index contributed by atoms with van der Waals surface area (Å²) in [5, 5.41) is 11.7. The molecule has 0 bridgehead atoms. The Morgan fingerprint density at radius 1 is 1.24 bits per heavy atom. The Hall–Kier alpha value is -2.12. The Balaban J connectivity index is 1.34. The first-order valence-corrected chi connectivity index (χ1v) is 11.3. The molecule has 0 unspecified atom stereocenters. The number of aryl methyl sites for hydroxylation is 1. The molecule has 1 aliphatic carbocycles. The summed E-state index contributed by atoms with van der Waals surface area (Å²) in [5.41, 5.74) is 4.30. The van der Waals surface area contributed by atoms with Crippen molar-refractivity contribution in [2.45, 2.75) is 70.8 Å². The highest BCUT2D eigenvalue weighted by Gasteiger charge is 2.23. The highest BCUT2D eigenvalue weighted by atomic mass is 16.1. The number of carbonyl (C=O) groups is 1. The minimum absolute atomic E-state index is 0.119. The van der Waals surface area contributed by atoms with Gasteiger partial charge in [-0.3, -0.25) is 9.69 Å². The van der Waals surface area contributed by atoms with Crippen LogP contribution in [0.15, 0.2) is 30.3 Å². The van der Waals surface area contributed by atoms with E-state index in [1.165, 1.54) is 42.5 Å². The van der Waals surface area contributed by atoms with Gasteiger partial charge in [-0.15, -0.1) is 0 Å². The third-order valence-corrected chi connectivity index (χ3v) is 6.54. The van der Waals surface area contributed by atoms with E-state index < -0.39 is 0 Å². The van der Waals surface area contributed by atoms with Crippen LogP contribution in [0, 0.1) is 24.2 Å². The summed E-state index contributed by atoms with van der Waals surface area (Å²) in [6.45, 7) is 5.62. The second kappa shape index (κ2) is 11.2. The van der Waals surface area contributed by atoms with Crippen LogP contribution >= 0.6 is 0 Å². The SMILES string of the molecule is Cc1ccccc1C1=CCN(CCC2CCC(NC(=O)CCCC#N)CC2)CC1. The number of amides is 1. The Labute approximate surface area is 176 Å². The van der Waals surface area contributed by atoms with E-state index in [4.69, 9.17) is 5.26 Å². The summed E-state index contributed by atoms with van der Waals surface area (Å²) in [4.78, 5) is 14.5. The standard InChI is InChI=1S/C25H35N3O/c1-20-6-2-3-7-24(20)22-14-18-28(19-15-22)17-13-21-9-11-23(12-10-21)27-25(29)8-4-5-16-26/h2-3,6-7,14,21,23H,4-5,8-13,15,17-19H2,1H3,(H,27,29). The van der Waals surface area contributed by atoms with Gasteiger partial charge in [-0.1, -0.05) is 30.3 Å². The largest absolute Gasteiger partial charge is 0.353 e. The number of carbonyl (C=O) groups excluding carboxylic acids is 1. The van der Waals surface area contributed by atoms with Crippen molar-refractivity contribution in [2.75, 3.05) is 19.6 Å². The van der Waals surface area contributed by atoms with E-state index >= 15 is 0 Å². The number of rotatable bonds is 8. The van der Waals surface area contributed by atoms with Gasteiger partial charge in [0, 0.05) is 32.0 Å². The average Bonchev–Trinajstić information content (AvgIpc) is 2.74. The Morgan fingerprint density at radius 3 is 2.72 bits per heavy atom.